The Morgan fingerprint density at radius 2 is 2.00 bits per heavy atom. The average Bonchev–Trinajstić information content (AvgIpc) is 2.17. The van der Waals surface area contributed by atoms with Crippen LogP contribution in [0, 0.1) is 6.92 Å². The van der Waals surface area contributed by atoms with Crippen LogP contribution in [0.25, 0.3) is 0 Å². The van der Waals surface area contributed by atoms with Crippen LogP contribution in [0.15, 0.2) is 24.3 Å². The van der Waals surface area contributed by atoms with Gasteiger partial charge in [-0.2, -0.15) is 0 Å². The predicted octanol–water partition coefficient (Wildman–Crippen LogP) is 2.14. The Morgan fingerprint density at radius 3 is 2.57 bits per heavy atom. The van der Waals surface area contributed by atoms with E-state index in [1.807, 2.05) is 12.1 Å². The van der Waals surface area contributed by atoms with Crippen molar-refractivity contribution in [3.8, 4) is 5.75 Å². The summed E-state index contributed by atoms with van der Waals surface area (Å²) in [7, 11) is 0. The largest absolute Gasteiger partial charge is 0.508 e. The van der Waals surface area contributed by atoms with E-state index in [1.165, 1.54) is 5.56 Å². The number of rotatable bonds is 5. The molecule has 0 bridgehead atoms. The van der Waals surface area contributed by atoms with Gasteiger partial charge in [0.05, 0.1) is 0 Å². The highest BCUT2D eigenvalue weighted by atomic mass is 16.3. The Labute approximate surface area is 86.0 Å². The van der Waals surface area contributed by atoms with Crippen LogP contribution < -0.4 is 5.32 Å². The first-order chi connectivity index (χ1) is 6.72. The Hall–Kier alpha value is -1.02. The molecular formula is C12H18NO. The third-order valence-electron chi connectivity index (χ3n) is 2.30. The molecule has 1 aromatic rings. The van der Waals surface area contributed by atoms with E-state index in [4.69, 9.17) is 5.11 Å². The number of hydrogen-bond donors (Lipinski definition) is 2. The number of benzene rings is 1. The first-order valence-electron chi connectivity index (χ1n) is 5.03. The molecule has 2 heteroatoms. The molecule has 0 aromatic heterocycles. The van der Waals surface area contributed by atoms with Crippen molar-refractivity contribution in [3.05, 3.63) is 36.8 Å². The van der Waals surface area contributed by atoms with Gasteiger partial charge in [-0.15, -0.1) is 0 Å². The Balaban J connectivity index is 2.34. The molecule has 0 saturated heterocycles. The standard InChI is InChI=1S/C12H18NO/c1-3-13-10(2)4-5-11-6-8-12(14)9-7-11/h6-10,13-14H,1,3-5H2,2H3. The molecule has 1 radical (unpaired) electrons. The van der Waals surface area contributed by atoms with E-state index < -0.39 is 0 Å². The maximum atomic E-state index is 9.10. The van der Waals surface area contributed by atoms with Gasteiger partial charge in [-0.25, -0.2) is 0 Å². The average molecular weight is 192 g/mol. The first kappa shape index (κ1) is 11.1. The monoisotopic (exact) mass is 192 g/mol. The SMILES string of the molecule is [CH2]CNC(C)CCc1ccc(O)cc1. The van der Waals surface area contributed by atoms with Gasteiger partial charge in [-0.3, -0.25) is 0 Å². The van der Waals surface area contributed by atoms with Crippen molar-refractivity contribution in [1.82, 2.24) is 5.32 Å². The lowest BCUT2D eigenvalue weighted by molar-refractivity contribution is 0.475. The molecule has 0 heterocycles. The summed E-state index contributed by atoms with van der Waals surface area (Å²) in [5.41, 5.74) is 1.26. The fraction of sp³-hybridized carbons (Fsp3) is 0.417. The maximum Gasteiger partial charge on any atom is 0.115 e. The zero-order valence-electron chi connectivity index (χ0n) is 8.66. The summed E-state index contributed by atoms with van der Waals surface area (Å²) in [4.78, 5) is 0. The maximum absolute atomic E-state index is 9.10. The highest BCUT2D eigenvalue weighted by Gasteiger charge is 2.00. The minimum atomic E-state index is 0.331. The number of phenols is 1. The van der Waals surface area contributed by atoms with Crippen molar-refractivity contribution < 1.29 is 5.11 Å². The normalized spacial score (nSPS) is 12.7. The Bertz CT molecular complexity index is 256. The van der Waals surface area contributed by atoms with Crippen LogP contribution in [-0.2, 0) is 6.42 Å². The summed E-state index contributed by atoms with van der Waals surface area (Å²) in [6, 6.07) is 7.89. The Morgan fingerprint density at radius 1 is 1.36 bits per heavy atom. The van der Waals surface area contributed by atoms with Gasteiger partial charge in [0.15, 0.2) is 0 Å². The van der Waals surface area contributed by atoms with Gasteiger partial charge in [-0.05, 0) is 50.9 Å². The van der Waals surface area contributed by atoms with E-state index in [9.17, 15) is 0 Å². The molecule has 0 aliphatic rings. The molecule has 0 aliphatic heterocycles. The zero-order chi connectivity index (χ0) is 10.4. The van der Waals surface area contributed by atoms with Crippen LogP contribution >= 0.6 is 0 Å². The van der Waals surface area contributed by atoms with Crippen LogP contribution in [0.1, 0.15) is 18.9 Å². The van der Waals surface area contributed by atoms with E-state index in [2.05, 4.69) is 19.2 Å². The molecular weight excluding hydrogens is 174 g/mol. The molecule has 0 aliphatic carbocycles. The molecule has 0 spiro atoms. The molecule has 1 atom stereocenters. The third kappa shape index (κ3) is 3.79. The molecule has 77 valence electrons. The number of phenolic OH excluding ortho intramolecular Hbond substituents is 1. The van der Waals surface area contributed by atoms with E-state index in [0.29, 0.717) is 11.8 Å². The lowest BCUT2D eigenvalue weighted by Gasteiger charge is -2.11. The van der Waals surface area contributed by atoms with Crippen LogP contribution in [0.3, 0.4) is 0 Å². The van der Waals surface area contributed by atoms with Crippen LogP contribution in [0.2, 0.25) is 0 Å². The van der Waals surface area contributed by atoms with Gasteiger partial charge in [0.1, 0.15) is 5.75 Å². The summed E-state index contributed by atoms with van der Waals surface area (Å²) in [6.07, 6.45) is 2.13. The topological polar surface area (TPSA) is 32.3 Å². The van der Waals surface area contributed by atoms with E-state index in [1.54, 1.807) is 12.1 Å². The third-order valence-corrected chi connectivity index (χ3v) is 2.30. The van der Waals surface area contributed by atoms with Crippen molar-refractivity contribution >= 4 is 0 Å². The molecule has 0 saturated carbocycles. The predicted molar refractivity (Wildman–Crippen MR) is 59.2 cm³/mol. The lowest BCUT2D eigenvalue weighted by Crippen LogP contribution is -2.25. The minimum absolute atomic E-state index is 0.331. The molecule has 2 N–H and O–H groups in total. The van der Waals surface area contributed by atoms with Crippen LogP contribution in [0.5, 0.6) is 5.75 Å². The summed E-state index contributed by atoms with van der Waals surface area (Å²) in [5.74, 6) is 0.331. The minimum Gasteiger partial charge on any atom is -0.508 e. The molecule has 1 aromatic carbocycles. The number of hydrogen-bond acceptors (Lipinski definition) is 2. The molecule has 0 amide bonds. The van der Waals surface area contributed by atoms with Crippen LogP contribution in [0.4, 0.5) is 0 Å². The number of aryl methyl sites for hydroxylation is 1. The van der Waals surface area contributed by atoms with Crippen molar-refractivity contribution in [2.75, 3.05) is 6.54 Å². The Kier molecular flexibility index (Phi) is 4.47. The highest BCUT2D eigenvalue weighted by Crippen LogP contribution is 2.11. The van der Waals surface area contributed by atoms with Crippen LogP contribution in [-0.4, -0.2) is 17.7 Å². The first-order valence-corrected chi connectivity index (χ1v) is 5.03. The fourth-order valence-electron chi connectivity index (χ4n) is 1.39. The van der Waals surface area contributed by atoms with Gasteiger partial charge in [0, 0.05) is 6.04 Å². The van der Waals surface area contributed by atoms with Crippen molar-refractivity contribution in [1.29, 1.82) is 0 Å². The number of aromatic hydroxyl groups is 1. The number of nitrogens with one attached hydrogen (secondary N) is 1. The van der Waals surface area contributed by atoms with Gasteiger partial charge >= 0.3 is 0 Å². The molecule has 1 unspecified atom stereocenters. The highest BCUT2D eigenvalue weighted by molar-refractivity contribution is 5.25. The summed E-state index contributed by atoms with van der Waals surface area (Å²) >= 11 is 0. The summed E-state index contributed by atoms with van der Waals surface area (Å²) < 4.78 is 0. The molecule has 1 rings (SSSR count). The smallest absolute Gasteiger partial charge is 0.115 e. The van der Waals surface area contributed by atoms with Gasteiger partial charge in [0.2, 0.25) is 0 Å². The second-order valence-electron chi connectivity index (χ2n) is 3.56. The molecule has 2 nitrogen and oxygen atoms in total. The van der Waals surface area contributed by atoms with Crippen molar-refractivity contribution in [2.24, 2.45) is 0 Å². The van der Waals surface area contributed by atoms with Crippen molar-refractivity contribution in [3.63, 3.8) is 0 Å². The van der Waals surface area contributed by atoms with E-state index >= 15 is 0 Å². The fourth-order valence-corrected chi connectivity index (χ4v) is 1.39. The second kappa shape index (κ2) is 5.66. The van der Waals surface area contributed by atoms with Crippen molar-refractivity contribution in [2.45, 2.75) is 25.8 Å². The van der Waals surface area contributed by atoms with E-state index in [0.717, 1.165) is 19.4 Å². The summed E-state index contributed by atoms with van der Waals surface area (Å²) in [5, 5.41) is 12.4. The second-order valence-corrected chi connectivity index (χ2v) is 3.56. The van der Waals surface area contributed by atoms with Gasteiger partial charge < -0.3 is 10.4 Å². The van der Waals surface area contributed by atoms with E-state index in [-0.39, 0.29) is 0 Å². The summed E-state index contributed by atoms with van der Waals surface area (Å²) in [6.45, 7) is 6.68. The zero-order valence-corrected chi connectivity index (χ0v) is 8.66. The van der Waals surface area contributed by atoms with Gasteiger partial charge in [0.25, 0.3) is 0 Å². The molecule has 0 fully saturated rings. The van der Waals surface area contributed by atoms with Gasteiger partial charge in [-0.1, -0.05) is 12.1 Å². The lowest BCUT2D eigenvalue weighted by atomic mass is 10.1. The quantitative estimate of drug-likeness (QED) is 0.749. The molecule has 14 heavy (non-hydrogen) atoms.